The zero-order chi connectivity index (χ0) is 32.8. The number of carbonyl (C=O) groups is 2. The third-order valence-corrected chi connectivity index (χ3v) is 6.55. The molecule has 1 aliphatic heterocycles. The zero-order valence-electron chi connectivity index (χ0n) is 24.1. The number of benzene rings is 3. The number of rotatable bonds is 10. The summed E-state index contributed by atoms with van der Waals surface area (Å²) in [7, 11) is 0. The summed E-state index contributed by atoms with van der Waals surface area (Å²) < 4.78 is 85.9. The number of nitrogens with two attached hydrogens (primary N) is 1. The molecule has 4 rings (SSSR count). The molecular formula is C31H34F6N4O4. The number of ether oxygens (including phenoxy) is 2. The number of alkyl carbamates (subject to hydrolysis) is 1. The van der Waals surface area contributed by atoms with Crippen LogP contribution in [0.1, 0.15) is 23.1 Å². The van der Waals surface area contributed by atoms with Crippen LogP contribution in [-0.4, -0.2) is 63.2 Å². The van der Waals surface area contributed by atoms with Gasteiger partial charge >= 0.3 is 12.3 Å². The van der Waals surface area contributed by atoms with Crippen LogP contribution in [0.4, 0.5) is 36.8 Å². The van der Waals surface area contributed by atoms with Gasteiger partial charge in [-0.2, -0.15) is 13.2 Å². The van der Waals surface area contributed by atoms with Crippen LogP contribution < -0.4 is 21.7 Å². The number of morpholine rings is 1. The van der Waals surface area contributed by atoms with Crippen LogP contribution in [0.2, 0.25) is 0 Å². The summed E-state index contributed by atoms with van der Waals surface area (Å²) in [5, 5.41) is 7.24. The Morgan fingerprint density at radius 1 is 0.956 bits per heavy atom. The minimum absolute atomic E-state index is 0.154. The second-order valence-electron chi connectivity index (χ2n) is 10.1. The fraction of sp³-hybridized carbons (Fsp3) is 0.355. The molecule has 1 saturated heterocycles. The lowest BCUT2D eigenvalue weighted by Crippen LogP contribution is -2.49. The molecular weight excluding hydrogens is 606 g/mol. The Hall–Kier alpha value is -4.14. The average molecular weight is 641 g/mol. The molecule has 0 radical (unpaired) electrons. The molecule has 3 aromatic rings. The van der Waals surface area contributed by atoms with Crippen molar-refractivity contribution >= 4 is 17.7 Å². The average Bonchev–Trinajstić information content (AvgIpc) is 3.01. The second kappa shape index (κ2) is 17.4. The van der Waals surface area contributed by atoms with Crippen molar-refractivity contribution < 1.29 is 45.4 Å². The van der Waals surface area contributed by atoms with Gasteiger partial charge in [0.25, 0.3) is 0 Å². The number of halogens is 6. The molecule has 0 aliphatic carbocycles. The van der Waals surface area contributed by atoms with E-state index in [-0.39, 0.29) is 43.5 Å². The van der Waals surface area contributed by atoms with Crippen LogP contribution >= 0.6 is 0 Å². The van der Waals surface area contributed by atoms with E-state index in [9.17, 15) is 35.9 Å². The van der Waals surface area contributed by atoms with Crippen molar-refractivity contribution in [3.63, 3.8) is 0 Å². The number of hydrogen-bond donors (Lipinski definition) is 4. The van der Waals surface area contributed by atoms with Gasteiger partial charge in [-0.15, -0.1) is 0 Å². The molecule has 2 amide bonds. The third kappa shape index (κ3) is 13.2. The Morgan fingerprint density at radius 3 is 2.11 bits per heavy atom. The van der Waals surface area contributed by atoms with E-state index in [4.69, 9.17) is 15.2 Å². The van der Waals surface area contributed by atoms with E-state index in [1.165, 1.54) is 36.4 Å². The molecule has 0 aromatic heterocycles. The SMILES string of the molecule is Fc1ccc(Cc2ccc(F)cc2)cc1.NCC(=O)Nc1cccc(F)c1CC[C@@H]1CN[C@H](COC(=O)NCC(F)(F)F)CO1. The van der Waals surface area contributed by atoms with Gasteiger partial charge in [-0.1, -0.05) is 30.3 Å². The fourth-order valence-electron chi connectivity index (χ4n) is 4.24. The van der Waals surface area contributed by atoms with Gasteiger partial charge in [-0.05, 0) is 66.8 Å². The van der Waals surface area contributed by atoms with Crippen molar-refractivity contribution in [2.24, 2.45) is 5.73 Å². The molecule has 0 spiro atoms. The molecule has 0 bridgehead atoms. The normalized spacial score (nSPS) is 16.2. The Morgan fingerprint density at radius 2 is 1.58 bits per heavy atom. The second-order valence-corrected chi connectivity index (χ2v) is 10.1. The Kier molecular flexibility index (Phi) is 13.6. The summed E-state index contributed by atoms with van der Waals surface area (Å²) >= 11 is 0. The van der Waals surface area contributed by atoms with Gasteiger partial charge in [0, 0.05) is 17.8 Å². The highest BCUT2D eigenvalue weighted by atomic mass is 19.4. The molecule has 8 nitrogen and oxygen atoms in total. The number of anilines is 1. The first-order valence-corrected chi connectivity index (χ1v) is 14.0. The van der Waals surface area contributed by atoms with Crippen molar-refractivity contribution in [2.75, 3.05) is 38.2 Å². The van der Waals surface area contributed by atoms with Crippen molar-refractivity contribution in [1.82, 2.24) is 10.6 Å². The first kappa shape index (κ1) is 35.3. The molecule has 0 unspecified atom stereocenters. The van der Waals surface area contributed by atoms with Crippen LogP contribution in [-0.2, 0) is 27.1 Å². The Labute approximate surface area is 256 Å². The summed E-state index contributed by atoms with van der Waals surface area (Å²) in [5.41, 5.74) is 8.00. The maximum Gasteiger partial charge on any atom is 0.407 e. The number of amides is 2. The van der Waals surface area contributed by atoms with Gasteiger partial charge < -0.3 is 31.2 Å². The highest BCUT2D eigenvalue weighted by Crippen LogP contribution is 2.22. The standard InChI is InChI=1S/C18H24F4N4O4.C13H10F2/c19-14-2-1-3-15(26-16(27)6-23)13(14)5-4-12-7-24-11(8-29-12)9-30-17(28)25-10-18(20,21)22;14-12-5-1-10(2-6-12)9-11-3-7-13(15)8-4-11/h1-3,11-12,24H,4-10,23H2,(H,25,28)(H,26,27);1-8H,9H2/t11-,12+;/m0./s1. The van der Waals surface area contributed by atoms with Gasteiger partial charge in [0.1, 0.15) is 30.6 Å². The van der Waals surface area contributed by atoms with E-state index in [1.54, 1.807) is 35.6 Å². The van der Waals surface area contributed by atoms with Crippen molar-refractivity contribution in [3.05, 3.63) is 101 Å². The maximum atomic E-state index is 14.2. The van der Waals surface area contributed by atoms with Gasteiger partial charge in [-0.3, -0.25) is 4.79 Å². The minimum atomic E-state index is -4.51. The highest BCUT2D eigenvalue weighted by molar-refractivity contribution is 5.92. The molecule has 5 N–H and O–H groups in total. The van der Waals surface area contributed by atoms with E-state index < -0.39 is 30.5 Å². The smallest absolute Gasteiger partial charge is 0.407 e. The van der Waals surface area contributed by atoms with Gasteiger partial charge in [0.05, 0.1) is 25.3 Å². The van der Waals surface area contributed by atoms with Gasteiger partial charge in [0.15, 0.2) is 0 Å². The number of hydrogen-bond acceptors (Lipinski definition) is 6. The van der Waals surface area contributed by atoms with E-state index in [2.05, 4.69) is 10.6 Å². The van der Waals surface area contributed by atoms with Crippen LogP contribution in [0.25, 0.3) is 0 Å². The lowest BCUT2D eigenvalue weighted by Gasteiger charge is -2.30. The molecule has 244 valence electrons. The summed E-state index contributed by atoms with van der Waals surface area (Å²) in [6.07, 6.45) is -4.47. The van der Waals surface area contributed by atoms with Crippen LogP contribution in [0, 0.1) is 17.5 Å². The Bertz CT molecular complexity index is 1320. The molecule has 1 heterocycles. The molecule has 45 heavy (non-hydrogen) atoms. The maximum absolute atomic E-state index is 14.2. The van der Waals surface area contributed by atoms with Crippen molar-refractivity contribution in [1.29, 1.82) is 0 Å². The molecule has 3 aromatic carbocycles. The molecule has 1 fully saturated rings. The van der Waals surface area contributed by atoms with Crippen molar-refractivity contribution in [3.8, 4) is 0 Å². The zero-order valence-corrected chi connectivity index (χ0v) is 24.1. The molecule has 2 atom stereocenters. The summed E-state index contributed by atoms with van der Waals surface area (Å²) in [6.45, 7) is -1.28. The van der Waals surface area contributed by atoms with Gasteiger partial charge in [0.2, 0.25) is 5.91 Å². The third-order valence-electron chi connectivity index (χ3n) is 6.55. The lowest BCUT2D eigenvalue weighted by molar-refractivity contribution is -0.124. The number of nitrogens with one attached hydrogen (secondary N) is 3. The first-order chi connectivity index (χ1) is 21.4. The highest BCUT2D eigenvalue weighted by Gasteiger charge is 2.28. The van der Waals surface area contributed by atoms with Crippen LogP contribution in [0.3, 0.4) is 0 Å². The topological polar surface area (TPSA) is 115 Å². The summed E-state index contributed by atoms with van der Waals surface area (Å²) in [5.74, 6) is -1.36. The monoisotopic (exact) mass is 640 g/mol. The quantitative estimate of drug-likeness (QED) is 0.236. The van der Waals surface area contributed by atoms with Crippen LogP contribution in [0.5, 0.6) is 0 Å². The molecule has 1 aliphatic rings. The van der Waals surface area contributed by atoms with Gasteiger partial charge in [-0.25, -0.2) is 18.0 Å². The predicted octanol–water partition coefficient (Wildman–Crippen LogP) is 4.86. The summed E-state index contributed by atoms with van der Waals surface area (Å²) in [6, 6.07) is 16.7. The van der Waals surface area contributed by atoms with E-state index in [1.807, 2.05) is 0 Å². The fourth-order valence-corrected chi connectivity index (χ4v) is 4.24. The van der Waals surface area contributed by atoms with E-state index >= 15 is 0 Å². The lowest BCUT2D eigenvalue weighted by atomic mass is 10.0. The van der Waals surface area contributed by atoms with Crippen molar-refractivity contribution in [2.45, 2.75) is 37.6 Å². The minimum Gasteiger partial charge on any atom is -0.448 e. The van der Waals surface area contributed by atoms with Crippen LogP contribution in [0.15, 0.2) is 66.7 Å². The van der Waals surface area contributed by atoms with E-state index in [0.29, 0.717) is 37.1 Å². The predicted molar refractivity (Wildman–Crippen MR) is 155 cm³/mol. The molecule has 14 heteroatoms. The first-order valence-electron chi connectivity index (χ1n) is 14.0. The largest absolute Gasteiger partial charge is 0.448 e. The number of carbonyl (C=O) groups excluding carboxylic acids is 2. The Balaban J connectivity index is 0.000000305. The summed E-state index contributed by atoms with van der Waals surface area (Å²) in [4.78, 5) is 22.7. The van der Waals surface area contributed by atoms with E-state index in [0.717, 1.165) is 11.1 Å². The molecule has 0 saturated carbocycles. The number of alkyl halides is 3.